The zero-order valence-corrected chi connectivity index (χ0v) is 9.73. The number of aliphatic hydroxyl groups is 1. The van der Waals surface area contributed by atoms with Crippen molar-refractivity contribution in [1.82, 2.24) is 0 Å². The van der Waals surface area contributed by atoms with E-state index >= 15 is 0 Å². The van der Waals surface area contributed by atoms with Gasteiger partial charge in [0.1, 0.15) is 5.60 Å². The predicted molar refractivity (Wildman–Crippen MR) is 40.1 cm³/mol. The standard InChI is InChI=1S/C7H16O4.Ti/c1-6(2,9-3)7(8,10-4)11-5;/h8H,1-5H3;. The Morgan fingerprint density at radius 1 is 0.917 bits per heavy atom. The summed E-state index contributed by atoms with van der Waals surface area (Å²) in [7, 11) is 4.18. The van der Waals surface area contributed by atoms with Crippen LogP contribution in [0.5, 0.6) is 0 Å². The Labute approximate surface area is 88.1 Å². The van der Waals surface area contributed by atoms with Gasteiger partial charge in [-0.15, -0.1) is 0 Å². The van der Waals surface area contributed by atoms with Gasteiger partial charge in [-0.1, -0.05) is 0 Å². The molecule has 0 atom stereocenters. The first kappa shape index (κ1) is 15.0. The minimum atomic E-state index is -1.69. The van der Waals surface area contributed by atoms with Crippen molar-refractivity contribution in [3.63, 3.8) is 0 Å². The van der Waals surface area contributed by atoms with Gasteiger partial charge in [0, 0.05) is 43.0 Å². The molecule has 0 spiro atoms. The van der Waals surface area contributed by atoms with E-state index in [1.54, 1.807) is 13.8 Å². The van der Waals surface area contributed by atoms with Gasteiger partial charge in [0.25, 0.3) is 0 Å². The van der Waals surface area contributed by atoms with E-state index in [1.165, 1.54) is 21.3 Å². The monoisotopic (exact) mass is 212 g/mol. The molecule has 0 rings (SSSR count). The molecule has 0 amide bonds. The van der Waals surface area contributed by atoms with Crippen molar-refractivity contribution in [2.75, 3.05) is 21.3 Å². The van der Waals surface area contributed by atoms with Crippen molar-refractivity contribution in [3.05, 3.63) is 0 Å². The Morgan fingerprint density at radius 3 is 1.33 bits per heavy atom. The summed E-state index contributed by atoms with van der Waals surface area (Å²) in [6.07, 6.45) is 0. The van der Waals surface area contributed by atoms with E-state index < -0.39 is 11.6 Å². The minimum absolute atomic E-state index is 0. The average Bonchev–Trinajstić information content (AvgIpc) is 2.02. The largest absolute Gasteiger partial charge is 0.370 e. The second-order valence-electron chi connectivity index (χ2n) is 2.70. The summed E-state index contributed by atoms with van der Waals surface area (Å²) >= 11 is 0. The van der Waals surface area contributed by atoms with Crippen LogP contribution >= 0.6 is 0 Å². The first-order chi connectivity index (χ1) is 4.93. The average molecular weight is 212 g/mol. The Bertz CT molecular complexity index is 123. The van der Waals surface area contributed by atoms with E-state index in [9.17, 15) is 5.11 Å². The van der Waals surface area contributed by atoms with E-state index in [-0.39, 0.29) is 21.7 Å². The molecule has 0 heterocycles. The smallest absolute Gasteiger partial charge is 0.310 e. The fourth-order valence-electron chi connectivity index (χ4n) is 0.704. The molecule has 5 heteroatoms. The molecule has 12 heavy (non-hydrogen) atoms. The van der Waals surface area contributed by atoms with E-state index in [1.807, 2.05) is 0 Å². The van der Waals surface area contributed by atoms with Crippen LogP contribution in [0.25, 0.3) is 0 Å². The summed E-state index contributed by atoms with van der Waals surface area (Å²) in [6.45, 7) is 3.33. The first-order valence-electron chi connectivity index (χ1n) is 3.31. The van der Waals surface area contributed by atoms with Crippen LogP contribution in [0.4, 0.5) is 0 Å². The Hall–Kier alpha value is 0.554. The maximum Gasteiger partial charge on any atom is 0.310 e. The summed E-state index contributed by atoms with van der Waals surface area (Å²) in [5.41, 5.74) is -0.892. The molecule has 72 valence electrons. The molecule has 0 aromatic rings. The first-order valence-corrected chi connectivity index (χ1v) is 3.31. The molecule has 0 saturated carbocycles. The number of hydrogen-bond donors (Lipinski definition) is 1. The molecule has 0 radical (unpaired) electrons. The van der Waals surface area contributed by atoms with Gasteiger partial charge in [0.05, 0.1) is 0 Å². The van der Waals surface area contributed by atoms with E-state index in [0.717, 1.165) is 0 Å². The molecule has 0 fully saturated rings. The van der Waals surface area contributed by atoms with Gasteiger partial charge in [-0.3, -0.25) is 0 Å². The van der Waals surface area contributed by atoms with Gasteiger partial charge >= 0.3 is 5.97 Å². The maximum absolute atomic E-state index is 9.59. The summed E-state index contributed by atoms with van der Waals surface area (Å²) in [4.78, 5) is 0. The summed E-state index contributed by atoms with van der Waals surface area (Å²) in [5.74, 6) is -1.69. The number of methoxy groups -OCH3 is 3. The van der Waals surface area contributed by atoms with Crippen molar-refractivity contribution >= 4 is 0 Å². The number of rotatable bonds is 4. The van der Waals surface area contributed by atoms with Gasteiger partial charge in [-0.2, -0.15) is 0 Å². The topological polar surface area (TPSA) is 47.9 Å². The van der Waals surface area contributed by atoms with Crippen molar-refractivity contribution in [2.24, 2.45) is 0 Å². The zero-order valence-electron chi connectivity index (χ0n) is 8.17. The van der Waals surface area contributed by atoms with Crippen LogP contribution < -0.4 is 0 Å². The van der Waals surface area contributed by atoms with Gasteiger partial charge in [-0.25, -0.2) is 0 Å². The van der Waals surface area contributed by atoms with Crippen LogP contribution in [0, 0.1) is 0 Å². The Balaban J connectivity index is 0. The van der Waals surface area contributed by atoms with Gasteiger partial charge < -0.3 is 19.3 Å². The van der Waals surface area contributed by atoms with Crippen molar-refractivity contribution in [3.8, 4) is 0 Å². The normalized spacial score (nSPS) is 12.5. The van der Waals surface area contributed by atoms with Gasteiger partial charge in [0.2, 0.25) is 0 Å². The summed E-state index contributed by atoms with van der Waals surface area (Å²) in [5, 5.41) is 9.59. The number of ether oxygens (including phenoxy) is 3. The van der Waals surface area contributed by atoms with E-state index in [2.05, 4.69) is 0 Å². The molecule has 0 saturated heterocycles. The maximum atomic E-state index is 9.59. The zero-order chi connectivity index (χ0) is 9.12. The van der Waals surface area contributed by atoms with Crippen LogP contribution in [0.3, 0.4) is 0 Å². The molecule has 4 nitrogen and oxygen atoms in total. The number of hydrogen-bond acceptors (Lipinski definition) is 4. The van der Waals surface area contributed by atoms with Crippen molar-refractivity contribution in [2.45, 2.75) is 25.4 Å². The third-order valence-corrected chi connectivity index (χ3v) is 1.82. The van der Waals surface area contributed by atoms with E-state index in [4.69, 9.17) is 14.2 Å². The molecule has 1 N–H and O–H groups in total. The fraction of sp³-hybridized carbons (Fsp3) is 1.00. The van der Waals surface area contributed by atoms with E-state index in [0.29, 0.717) is 0 Å². The Morgan fingerprint density at radius 2 is 1.25 bits per heavy atom. The van der Waals surface area contributed by atoms with Gasteiger partial charge in [0.15, 0.2) is 0 Å². The molecular formula is C7H16O4Ti. The third-order valence-electron chi connectivity index (χ3n) is 1.82. The van der Waals surface area contributed by atoms with Crippen LogP contribution in [0.2, 0.25) is 0 Å². The second kappa shape index (κ2) is 5.32. The summed E-state index contributed by atoms with van der Waals surface area (Å²) < 4.78 is 14.5. The molecule has 0 aromatic carbocycles. The van der Waals surface area contributed by atoms with Crippen LogP contribution in [0.1, 0.15) is 13.8 Å². The molecule has 0 bridgehead atoms. The Kier molecular flexibility index (Phi) is 6.67. The van der Waals surface area contributed by atoms with Crippen LogP contribution in [-0.2, 0) is 35.9 Å². The second-order valence-corrected chi connectivity index (χ2v) is 2.70. The SMILES string of the molecule is COC(C)(C)C(O)(OC)OC.[Ti]. The molecular weight excluding hydrogens is 196 g/mol. The predicted octanol–water partition coefficient (Wildman–Crippen LogP) is 0.348. The van der Waals surface area contributed by atoms with Crippen LogP contribution in [0.15, 0.2) is 0 Å². The molecule has 0 aliphatic rings. The van der Waals surface area contributed by atoms with Crippen LogP contribution in [-0.4, -0.2) is 38.0 Å². The molecule has 0 unspecified atom stereocenters. The van der Waals surface area contributed by atoms with Crippen molar-refractivity contribution < 1.29 is 41.0 Å². The summed E-state index contributed by atoms with van der Waals surface area (Å²) in [6, 6.07) is 0. The molecule has 0 aliphatic carbocycles. The molecule has 0 aromatic heterocycles. The quantitative estimate of drug-likeness (QED) is 0.539. The molecule has 0 aliphatic heterocycles. The van der Waals surface area contributed by atoms with Gasteiger partial charge in [-0.05, 0) is 13.8 Å². The third kappa shape index (κ3) is 2.80. The minimum Gasteiger partial charge on any atom is -0.370 e. The fourth-order valence-corrected chi connectivity index (χ4v) is 0.704. The van der Waals surface area contributed by atoms with Crippen molar-refractivity contribution in [1.29, 1.82) is 0 Å².